The third-order valence-electron chi connectivity index (χ3n) is 3.74. The first-order valence-electron chi connectivity index (χ1n) is 4.46. The van der Waals surface area contributed by atoms with Crippen LogP contribution < -0.4 is 0 Å². The number of alkyl halides is 3. The van der Waals surface area contributed by atoms with Gasteiger partial charge in [0.25, 0.3) is 0 Å². The quantitative estimate of drug-likeness (QED) is 0.577. The molecule has 0 aromatic rings. The van der Waals surface area contributed by atoms with Crippen LogP contribution in [0.3, 0.4) is 0 Å². The van der Waals surface area contributed by atoms with E-state index in [0.29, 0.717) is 0 Å². The van der Waals surface area contributed by atoms with Gasteiger partial charge >= 0.3 is 0 Å². The molecule has 0 spiro atoms. The number of rotatable bonds is 0. The minimum Gasteiger partial charge on any atom is -0.292 e. The summed E-state index contributed by atoms with van der Waals surface area (Å²) in [5, 5.41) is 0. The number of hydrogen-bond donors (Lipinski definition) is 0. The first kappa shape index (κ1) is 9.30. The van der Waals surface area contributed by atoms with Crippen LogP contribution in [0.25, 0.3) is 0 Å². The highest BCUT2D eigenvalue weighted by Crippen LogP contribution is 2.71. The van der Waals surface area contributed by atoms with Crippen molar-refractivity contribution in [3.63, 3.8) is 0 Å². The lowest BCUT2D eigenvalue weighted by atomic mass is 9.44. The molecular weight excluding hydrogens is 219 g/mol. The molecule has 0 heterocycles. The molecule has 4 bridgehead atoms. The van der Waals surface area contributed by atoms with Gasteiger partial charge in [0, 0.05) is 18.8 Å². The SMILES string of the molecule is O=C1C2(F)CC3CC1(F)C2(F)C(F)=C3F. The van der Waals surface area contributed by atoms with Crippen LogP contribution in [0.15, 0.2) is 11.7 Å². The van der Waals surface area contributed by atoms with Crippen LogP contribution in [0.1, 0.15) is 12.8 Å². The molecule has 2 unspecified atom stereocenters. The Hall–Kier alpha value is -0.940. The van der Waals surface area contributed by atoms with Gasteiger partial charge in [-0.05, 0) is 0 Å². The molecule has 0 amide bonds. The molecular formula is C9H5F5O. The standard InChI is InChI=1S/C9H5F5O/c10-4-3-1-7(12)6(15)8(13,2-3)9(7,14)5(4)11/h3H,1-2H2. The Kier molecular flexibility index (Phi) is 1.22. The molecule has 5 aliphatic carbocycles. The summed E-state index contributed by atoms with van der Waals surface area (Å²) in [6.45, 7) is 0. The number of hydrogen-bond acceptors (Lipinski definition) is 1. The Bertz CT molecular complexity index is 408. The summed E-state index contributed by atoms with van der Waals surface area (Å²) in [6, 6.07) is 0. The van der Waals surface area contributed by atoms with Crippen molar-refractivity contribution in [1.82, 2.24) is 0 Å². The van der Waals surface area contributed by atoms with Crippen LogP contribution in [0.4, 0.5) is 22.0 Å². The van der Waals surface area contributed by atoms with E-state index in [1.165, 1.54) is 0 Å². The van der Waals surface area contributed by atoms with Gasteiger partial charge in [0.15, 0.2) is 5.83 Å². The summed E-state index contributed by atoms with van der Waals surface area (Å²) in [5.41, 5.74) is -10.1. The second-order valence-corrected chi connectivity index (χ2v) is 4.36. The van der Waals surface area contributed by atoms with Gasteiger partial charge < -0.3 is 0 Å². The van der Waals surface area contributed by atoms with Crippen molar-refractivity contribution < 1.29 is 26.7 Å². The van der Waals surface area contributed by atoms with E-state index < -0.39 is 53.2 Å². The lowest BCUT2D eigenvalue weighted by Crippen LogP contribution is -2.86. The number of carbonyl (C=O) groups excluding carboxylic acids is 1. The van der Waals surface area contributed by atoms with Gasteiger partial charge in [-0.15, -0.1) is 0 Å². The molecule has 2 atom stereocenters. The van der Waals surface area contributed by atoms with E-state index in [2.05, 4.69) is 0 Å². The molecule has 3 fully saturated rings. The first-order valence-corrected chi connectivity index (χ1v) is 4.46. The number of Topliss-reactive ketones (excluding diaryl/α,β-unsaturated/α-hetero) is 1. The average molecular weight is 224 g/mol. The summed E-state index contributed by atoms with van der Waals surface area (Å²) in [7, 11) is 0. The molecule has 0 saturated heterocycles. The molecule has 82 valence electrons. The molecule has 0 radical (unpaired) electrons. The van der Waals surface area contributed by atoms with E-state index in [4.69, 9.17) is 0 Å². The highest BCUT2D eigenvalue weighted by atomic mass is 19.2. The van der Waals surface area contributed by atoms with Gasteiger partial charge in [0.05, 0.1) is 0 Å². The van der Waals surface area contributed by atoms with Gasteiger partial charge in [-0.25, -0.2) is 22.0 Å². The van der Waals surface area contributed by atoms with Crippen molar-refractivity contribution >= 4 is 5.78 Å². The molecule has 0 aliphatic heterocycles. The Labute approximate surface area is 80.9 Å². The topological polar surface area (TPSA) is 17.1 Å². The van der Waals surface area contributed by atoms with Gasteiger partial charge in [-0.3, -0.25) is 4.79 Å². The maximum atomic E-state index is 13.8. The van der Waals surface area contributed by atoms with Gasteiger partial charge in [0.2, 0.25) is 22.8 Å². The molecule has 15 heavy (non-hydrogen) atoms. The number of halogens is 5. The second kappa shape index (κ2) is 1.97. The average Bonchev–Trinajstić information content (AvgIpc) is 2.19. The van der Waals surface area contributed by atoms with E-state index >= 15 is 0 Å². The lowest BCUT2D eigenvalue weighted by Gasteiger charge is -2.63. The van der Waals surface area contributed by atoms with Crippen LogP contribution in [0.5, 0.6) is 0 Å². The van der Waals surface area contributed by atoms with Crippen molar-refractivity contribution in [2.45, 2.75) is 29.8 Å². The van der Waals surface area contributed by atoms with Crippen LogP contribution in [-0.2, 0) is 4.79 Å². The van der Waals surface area contributed by atoms with Crippen molar-refractivity contribution in [3.05, 3.63) is 11.7 Å². The number of ketones is 1. The summed E-state index contributed by atoms with van der Waals surface area (Å²) in [4.78, 5) is 11.0. The number of allylic oxidation sites excluding steroid dienone is 2. The third-order valence-corrected chi connectivity index (χ3v) is 3.74. The highest BCUT2D eigenvalue weighted by molar-refractivity contribution is 6.08. The maximum absolute atomic E-state index is 13.8. The normalized spacial score (nSPS) is 57.1. The molecule has 5 rings (SSSR count). The smallest absolute Gasteiger partial charge is 0.246 e. The monoisotopic (exact) mass is 224 g/mol. The fourth-order valence-electron chi connectivity index (χ4n) is 2.97. The Morgan fingerprint density at radius 3 is 2.00 bits per heavy atom. The second-order valence-electron chi connectivity index (χ2n) is 4.36. The molecule has 0 aromatic heterocycles. The molecule has 6 heteroatoms. The lowest BCUT2D eigenvalue weighted by molar-refractivity contribution is -0.248. The highest BCUT2D eigenvalue weighted by Gasteiger charge is 2.92. The van der Waals surface area contributed by atoms with Crippen LogP contribution >= 0.6 is 0 Å². The van der Waals surface area contributed by atoms with Crippen molar-refractivity contribution in [1.29, 1.82) is 0 Å². The van der Waals surface area contributed by atoms with E-state index in [-0.39, 0.29) is 0 Å². The van der Waals surface area contributed by atoms with Gasteiger partial charge in [-0.2, -0.15) is 0 Å². The zero-order valence-corrected chi connectivity index (χ0v) is 7.29. The minimum absolute atomic E-state index is 0.798. The molecule has 1 nitrogen and oxygen atoms in total. The predicted molar refractivity (Wildman–Crippen MR) is 38.5 cm³/mol. The molecule has 0 N–H and O–H groups in total. The Morgan fingerprint density at radius 2 is 1.53 bits per heavy atom. The van der Waals surface area contributed by atoms with Gasteiger partial charge in [-0.1, -0.05) is 0 Å². The third kappa shape index (κ3) is 0.567. The van der Waals surface area contributed by atoms with Gasteiger partial charge in [0.1, 0.15) is 5.83 Å². The summed E-state index contributed by atoms with van der Waals surface area (Å²) >= 11 is 0. The zero-order valence-electron chi connectivity index (χ0n) is 7.29. The van der Waals surface area contributed by atoms with Crippen LogP contribution in [-0.4, -0.2) is 22.8 Å². The first-order chi connectivity index (χ1) is 6.79. The Morgan fingerprint density at radius 1 is 1.07 bits per heavy atom. The fourth-order valence-corrected chi connectivity index (χ4v) is 2.97. The molecule has 5 aliphatic rings. The summed E-state index contributed by atoms with van der Waals surface area (Å²) < 4.78 is 67.2. The Balaban J connectivity index is 2.30. The minimum atomic E-state index is -3.73. The van der Waals surface area contributed by atoms with Crippen molar-refractivity contribution in [3.8, 4) is 0 Å². The predicted octanol–water partition coefficient (Wildman–Crippen LogP) is 2.27. The largest absolute Gasteiger partial charge is 0.292 e. The van der Waals surface area contributed by atoms with E-state index in [1.54, 1.807) is 0 Å². The maximum Gasteiger partial charge on any atom is 0.246 e. The van der Waals surface area contributed by atoms with E-state index in [9.17, 15) is 26.7 Å². The summed E-state index contributed by atoms with van der Waals surface area (Å²) in [6.07, 6.45) is -1.60. The van der Waals surface area contributed by atoms with Crippen molar-refractivity contribution in [2.75, 3.05) is 0 Å². The summed E-state index contributed by atoms with van der Waals surface area (Å²) in [5.74, 6) is -6.46. The van der Waals surface area contributed by atoms with Crippen LogP contribution in [0, 0.1) is 5.92 Å². The van der Waals surface area contributed by atoms with Crippen LogP contribution in [0.2, 0.25) is 0 Å². The van der Waals surface area contributed by atoms with E-state index in [0.717, 1.165) is 0 Å². The zero-order chi connectivity index (χ0) is 11.2. The van der Waals surface area contributed by atoms with E-state index in [1.807, 2.05) is 0 Å². The van der Waals surface area contributed by atoms with Crippen molar-refractivity contribution in [2.24, 2.45) is 5.92 Å². The number of carbonyl (C=O) groups is 1. The molecule has 3 saturated carbocycles. The fraction of sp³-hybridized carbons (Fsp3) is 0.667. The molecule has 0 aromatic carbocycles.